The molecule has 158 valence electrons. The number of anilines is 1. The van der Waals surface area contributed by atoms with Crippen molar-refractivity contribution in [1.82, 2.24) is 15.1 Å². The summed E-state index contributed by atoms with van der Waals surface area (Å²) in [5.41, 5.74) is 10.2. The minimum atomic E-state index is -0.222. The summed E-state index contributed by atoms with van der Waals surface area (Å²) in [6, 6.07) is 15.6. The average molecular weight is 427 g/mol. The molecular weight excluding hydrogens is 400 g/mol. The van der Waals surface area contributed by atoms with Crippen LogP contribution in [0.4, 0.5) is 5.69 Å². The Morgan fingerprint density at radius 3 is 2.83 bits per heavy atom. The summed E-state index contributed by atoms with van der Waals surface area (Å²) < 4.78 is 7.51. The van der Waals surface area contributed by atoms with Gasteiger partial charge in [0.05, 0.1) is 24.5 Å². The highest BCUT2D eigenvalue weighted by Gasteiger charge is 2.26. The van der Waals surface area contributed by atoms with E-state index >= 15 is 0 Å². The third kappa shape index (κ3) is 4.60. The van der Waals surface area contributed by atoms with Gasteiger partial charge in [-0.2, -0.15) is 5.10 Å². The summed E-state index contributed by atoms with van der Waals surface area (Å²) >= 11 is 0. The molecule has 1 aliphatic rings. The Morgan fingerprint density at radius 2 is 2.07 bits per heavy atom. The number of halogens is 1. The van der Waals surface area contributed by atoms with E-state index in [2.05, 4.69) is 10.4 Å². The number of carbonyl (C=O) groups excluding carboxylic acids is 1. The number of aromatic nitrogens is 2. The quantitative estimate of drug-likeness (QED) is 0.569. The summed E-state index contributed by atoms with van der Waals surface area (Å²) in [5, 5.41) is 7.69. The van der Waals surface area contributed by atoms with Gasteiger partial charge in [-0.1, -0.05) is 31.2 Å². The van der Waals surface area contributed by atoms with Gasteiger partial charge in [-0.15, -0.1) is 12.4 Å². The van der Waals surface area contributed by atoms with Crippen LogP contribution in [0.15, 0.2) is 54.7 Å². The molecule has 0 aliphatic heterocycles. The van der Waals surface area contributed by atoms with Crippen molar-refractivity contribution in [2.75, 3.05) is 12.3 Å². The van der Waals surface area contributed by atoms with Crippen LogP contribution in [-0.4, -0.2) is 22.3 Å². The SMILES string of the molecule is CCCOc1cn(-c2ccccc2)nc1C(=O)NC1CCCc2cc(N)ccc21.Cl. The van der Waals surface area contributed by atoms with E-state index < -0.39 is 0 Å². The maximum absolute atomic E-state index is 13.1. The predicted octanol–water partition coefficient (Wildman–Crippen LogP) is 4.47. The molecule has 0 saturated carbocycles. The Bertz CT molecular complexity index is 1000. The number of nitrogens with two attached hydrogens (primary N) is 1. The van der Waals surface area contributed by atoms with Gasteiger partial charge in [0.2, 0.25) is 0 Å². The number of rotatable bonds is 6. The molecule has 0 saturated heterocycles. The Hall–Kier alpha value is -2.99. The molecule has 2 aromatic carbocycles. The minimum absolute atomic E-state index is 0. The van der Waals surface area contributed by atoms with Crippen molar-refractivity contribution in [1.29, 1.82) is 0 Å². The lowest BCUT2D eigenvalue weighted by Gasteiger charge is -2.26. The van der Waals surface area contributed by atoms with Gasteiger partial charge in [-0.25, -0.2) is 4.68 Å². The van der Waals surface area contributed by atoms with Crippen LogP contribution in [0.2, 0.25) is 0 Å². The summed E-state index contributed by atoms with van der Waals surface area (Å²) in [6.45, 7) is 2.57. The molecule has 1 heterocycles. The first-order valence-electron chi connectivity index (χ1n) is 10.1. The second-order valence-corrected chi connectivity index (χ2v) is 7.35. The Labute approximate surface area is 182 Å². The number of hydrogen-bond acceptors (Lipinski definition) is 4. The zero-order chi connectivity index (χ0) is 20.2. The minimum Gasteiger partial charge on any atom is -0.489 e. The summed E-state index contributed by atoms with van der Waals surface area (Å²) in [6.07, 6.45) is 5.52. The zero-order valence-electron chi connectivity index (χ0n) is 17.0. The number of amides is 1. The van der Waals surface area contributed by atoms with Crippen LogP contribution in [-0.2, 0) is 6.42 Å². The number of para-hydroxylation sites is 1. The predicted molar refractivity (Wildman–Crippen MR) is 121 cm³/mol. The van der Waals surface area contributed by atoms with E-state index in [1.54, 1.807) is 10.9 Å². The molecule has 3 N–H and O–H groups in total. The van der Waals surface area contributed by atoms with Crippen LogP contribution in [0.5, 0.6) is 5.75 Å². The Balaban J connectivity index is 0.00000256. The highest BCUT2D eigenvalue weighted by molar-refractivity contribution is 5.95. The van der Waals surface area contributed by atoms with Crippen LogP contribution in [0.25, 0.3) is 5.69 Å². The van der Waals surface area contributed by atoms with Crippen LogP contribution >= 0.6 is 12.4 Å². The Morgan fingerprint density at radius 1 is 1.27 bits per heavy atom. The first-order chi connectivity index (χ1) is 14.2. The molecule has 30 heavy (non-hydrogen) atoms. The van der Waals surface area contributed by atoms with Crippen LogP contribution in [0.1, 0.15) is 53.8 Å². The van der Waals surface area contributed by atoms with Crippen molar-refractivity contribution in [3.63, 3.8) is 0 Å². The van der Waals surface area contributed by atoms with E-state index in [4.69, 9.17) is 10.5 Å². The zero-order valence-corrected chi connectivity index (χ0v) is 17.8. The molecule has 6 nitrogen and oxygen atoms in total. The average Bonchev–Trinajstić information content (AvgIpc) is 3.17. The smallest absolute Gasteiger partial charge is 0.276 e. The van der Waals surface area contributed by atoms with Crippen molar-refractivity contribution >= 4 is 24.0 Å². The van der Waals surface area contributed by atoms with Gasteiger partial charge in [0.15, 0.2) is 11.4 Å². The van der Waals surface area contributed by atoms with Gasteiger partial charge in [0.1, 0.15) is 0 Å². The second-order valence-electron chi connectivity index (χ2n) is 7.35. The monoisotopic (exact) mass is 426 g/mol. The van der Waals surface area contributed by atoms with Crippen molar-refractivity contribution in [3.05, 3.63) is 71.5 Å². The van der Waals surface area contributed by atoms with Crippen LogP contribution < -0.4 is 15.8 Å². The fourth-order valence-corrected chi connectivity index (χ4v) is 3.76. The van der Waals surface area contributed by atoms with E-state index in [-0.39, 0.29) is 24.4 Å². The molecule has 7 heteroatoms. The largest absolute Gasteiger partial charge is 0.489 e. The van der Waals surface area contributed by atoms with Gasteiger partial charge < -0.3 is 15.8 Å². The fraction of sp³-hybridized carbons (Fsp3) is 0.304. The molecule has 0 spiro atoms. The molecule has 4 rings (SSSR count). The van der Waals surface area contributed by atoms with Gasteiger partial charge >= 0.3 is 0 Å². The lowest BCUT2D eigenvalue weighted by Crippen LogP contribution is -2.31. The summed E-state index contributed by atoms with van der Waals surface area (Å²) in [5.74, 6) is 0.280. The summed E-state index contributed by atoms with van der Waals surface area (Å²) in [4.78, 5) is 13.1. The number of carbonyl (C=O) groups is 1. The molecular formula is C23H27ClN4O2. The number of benzene rings is 2. The highest BCUT2D eigenvalue weighted by Crippen LogP contribution is 2.31. The van der Waals surface area contributed by atoms with Gasteiger partial charge in [0.25, 0.3) is 5.91 Å². The van der Waals surface area contributed by atoms with Gasteiger partial charge in [0, 0.05) is 5.69 Å². The lowest BCUT2D eigenvalue weighted by atomic mass is 9.87. The van der Waals surface area contributed by atoms with Crippen LogP contribution in [0.3, 0.4) is 0 Å². The van der Waals surface area contributed by atoms with E-state index in [0.29, 0.717) is 18.1 Å². The number of fused-ring (bicyclic) bond motifs is 1. The van der Waals surface area contributed by atoms with E-state index in [1.165, 1.54) is 5.56 Å². The number of nitrogens with one attached hydrogen (secondary N) is 1. The Kier molecular flexibility index (Phi) is 7.00. The maximum atomic E-state index is 13.1. The molecule has 1 aromatic heterocycles. The molecule has 0 fully saturated rings. The van der Waals surface area contributed by atoms with Crippen molar-refractivity contribution in [2.24, 2.45) is 0 Å². The number of nitrogens with zero attached hydrogens (tertiary/aromatic N) is 2. The number of aryl methyl sites for hydroxylation is 1. The van der Waals surface area contributed by atoms with Crippen LogP contribution in [0, 0.1) is 0 Å². The van der Waals surface area contributed by atoms with Gasteiger partial charge in [-0.3, -0.25) is 4.79 Å². The molecule has 1 atom stereocenters. The van der Waals surface area contributed by atoms with E-state index in [1.807, 2.05) is 55.5 Å². The summed E-state index contributed by atoms with van der Waals surface area (Å²) in [7, 11) is 0. The number of nitrogen functional groups attached to an aromatic ring is 1. The van der Waals surface area contributed by atoms with Crippen molar-refractivity contribution < 1.29 is 9.53 Å². The maximum Gasteiger partial charge on any atom is 0.276 e. The third-order valence-corrected chi connectivity index (χ3v) is 5.16. The lowest BCUT2D eigenvalue weighted by molar-refractivity contribution is 0.0923. The van der Waals surface area contributed by atoms with Crippen molar-refractivity contribution in [3.8, 4) is 11.4 Å². The van der Waals surface area contributed by atoms with Crippen molar-refractivity contribution in [2.45, 2.75) is 38.6 Å². The first-order valence-corrected chi connectivity index (χ1v) is 10.1. The normalized spacial score (nSPS) is 15.0. The van der Waals surface area contributed by atoms with E-state index in [0.717, 1.165) is 42.6 Å². The van der Waals surface area contributed by atoms with Gasteiger partial charge in [-0.05, 0) is 61.1 Å². The molecule has 1 aliphatic carbocycles. The molecule has 0 bridgehead atoms. The molecule has 1 unspecified atom stereocenters. The molecule has 0 radical (unpaired) electrons. The fourth-order valence-electron chi connectivity index (χ4n) is 3.76. The van der Waals surface area contributed by atoms with E-state index in [9.17, 15) is 4.79 Å². The second kappa shape index (κ2) is 9.67. The third-order valence-electron chi connectivity index (χ3n) is 5.16. The standard InChI is InChI=1S/C23H26N4O2.ClH/c1-2-13-29-21-15-27(18-8-4-3-5-9-18)26-22(21)23(28)25-20-10-6-7-16-14-17(24)11-12-19(16)20;/h3-5,8-9,11-12,14-15,20H,2,6-7,10,13,24H2,1H3,(H,25,28);1H. The number of ether oxygens (including phenoxy) is 1. The molecule has 1 amide bonds. The topological polar surface area (TPSA) is 82.2 Å². The number of hydrogen-bond donors (Lipinski definition) is 2. The first kappa shape index (κ1) is 21.7. The highest BCUT2D eigenvalue weighted by atomic mass is 35.5. The molecule has 3 aromatic rings.